The molecule has 1 aromatic heterocycles. The normalized spacial score (nSPS) is 14.0. The van der Waals surface area contributed by atoms with Crippen LogP contribution in [0.1, 0.15) is 23.4 Å². The fourth-order valence-electron chi connectivity index (χ4n) is 3.23. The van der Waals surface area contributed by atoms with Crippen molar-refractivity contribution in [1.82, 2.24) is 0 Å². The average Bonchev–Trinajstić information content (AvgIpc) is 3.31. The third-order valence-electron chi connectivity index (χ3n) is 4.55. The van der Waals surface area contributed by atoms with Gasteiger partial charge in [0.2, 0.25) is 0 Å². The minimum absolute atomic E-state index is 0.284. The molecule has 1 N–H and O–H groups in total. The van der Waals surface area contributed by atoms with Gasteiger partial charge in [0.15, 0.2) is 5.76 Å². The second-order valence-electron chi connectivity index (χ2n) is 6.18. The average molecular weight is 336 g/mol. The molecule has 2 heterocycles. The SMILES string of the molecule is COc1cc(N2CCCC2)ccc1NC(=O)c1cc2ccccc2o1. The zero-order valence-electron chi connectivity index (χ0n) is 14.1. The van der Waals surface area contributed by atoms with Gasteiger partial charge in [-0.1, -0.05) is 18.2 Å². The summed E-state index contributed by atoms with van der Waals surface area (Å²) in [5.74, 6) is 0.643. The smallest absolute Gasteiger partial charge is 0.291 e. The predicted molar refractivity (Wildman–Crippen MR) is 98.6 cm³/mol. The topological polar surface area (TPSA) is 54.7 Å². The molecule has 128 valence electrons. The number of carbonyl (C=O) groups is 1. The quantitative estimate of drug-likeness (QED) is 0.772. The number of furan rings is 1. The van der Waals surface area contributed by atoms with E-state index in [9.17, 15) is 4.79 Å². The van der Waals surface area contributed by atoms with Crippen LogP contribution in [-0.2, 0) is 0 Å². The first-order valence-electron chi connectivity index (χ1n) is 8.47. The lowest BCUT2D eigenvalue weighted by Crippen LogP contribution is -2.18. The number of nitrogens with one attached hydrogen (secondary N) is 1. The largest absolute Gasteiger partial charge is 0.494 e. The minimum atomic E-state index is -0.288. The molecule has 4 rings (SSSR count). The molecule has 2 aromatic carbocycles. The van der Waals surface area contributed by atoms with Gasteiger partial charge in [0.25, 0.3) is 5.91 Å². The van der Waals surface area contributed by atoms with Gasteiger partial charge in [-0.3, -0.25) is 4.79 Å². The number of rotatable bonds is 4. The van der Waals surface area contributed by atoms with Crippen molar-refractivity contribution in [2.75, 3.05) is 30.4 Å². The molecular formula is C20H20N2O3. The first-order chi connectivity index (χ1) is 12.2. The highest BCUT2D eigenvalue weighted by Crippen LogP contribution is 2.32. The number of amides is 1. The third kappa shape index (κ3) is 3.05. The van der Waals surface area contributed by atoms with E-state index in [-0.39, 0.29) is 11.7 Å². The van der Waals surface area contributed by atoms with E-state index in [0.717, 1.165) is 24.2 Å². The Kier molecular flexibility index (Phi) is 4.06. The lowest BCUT2D eigenvalue weighted by molar-refractivity contribution is 0.0998. The Labute approximate surface area is 146 Å². The Balaban J connectivity index is 1.57. The molecule has 3 aromatic rings. The van der Waals surface area contributed by atoms with Crippen molar-refractivity contribution >= 4 is 28.3 Å². The van der Waals surface area contributed by atoms with Crippen LogP contribution in [0.5, 0.6) is 5.75 Å². The summed E-state index contributed by atoms with van der Waals surface area (Å²) < 4.78 is 11.1. The summed E-state index contributed by atoms with van der Waals surface area (Å²) in [6.07, 6.45) is 2.43. The third-order valence-corrected chi connectivity index (χ3v) is 4.55. The summed E-state index contributed by atoms with van der Waals surface area (Å²) in [7, 11) is 1.61. The molecule has 0 atom stereocenters. The van der Waals surface area contributed by atoms with E-state index in [4.69, 9.17) is 9.15 Å². The number of methoxy groups -OCH3 is 1. The number of nitrogens with zero attached hydrogens (tertiary/aromatic N) is 1. The number of fused-ring (bicyclic) bond motifs is 1. The van der Waals surface area contributed by atoms with Gasteiger partial charge < -0.3 is 19.4 Å². The lowest BCUT2D eigenvalue weighted by atomic mass is 10.2. The second-order valence-corrected chi connectivity index (χ2v) is 6.18. The van der Waals surface area contributed by atoms with Crippen LogP contribution in [0.2, 0.25) is 0 Å². The van der Waals surface area contributed by atoms with Crippen LogP contribution < -0.4 is 15.0 Å². The Morgan fingerprint density at radius 2 is 1.92 bits per heavy atom. The summed E-state index contributed by atoms with van der Waals surface area (Å²) in [5.41, 5.74) is 2.45. The predicted octanol–water partition coefficient (Wildman–Crippen LogP) is 4.29. The lowest BCUT2D eigenvalue weighted by Gasteiger charge is -2.19. The maximum absolute atomic E-state index is 12.5. The van der Waals surface area contributed by atoms with Crippen LogP contribution in [0.25, 0.3) is 11.0 Å². The molecule has 0 radical (unpaired) electrons. The molecule has 25 heavy (non-hydrogen) atoms. The highest BCUT2D eigenvalue weighted by atomic mass is 16.5. The highest BCUT2D eigenvalue weighted by molar-refractivity contribution is 6.05. The van der Waals surface area contributed by atoms with E-state index in [0.29, 0.717) is 17.0 Å². The summed E-state index contributed by atoms with van der Waals surface area (Å²) in [6, 6.07) is 15.2. The van der Waals surface area contributed by atoms with Crippen LogP contribution in [0.4, 0.5) is 11.4 Å². The van der Waals surface area contributed by atoms with Gasteiger partial charge >= 0.3 is 0 Å². The fraction of sp³-hybridized carbons (Fsp3) is 0.250. The number of benzene rings is 2. The Bertz CT molecular complexity index is 877. The summed E-state index contributed by atoms with van der Waals surface area (Å²) in [4.78, 5) is 14.8. The molecule has 1 saturated heterocycles. The molecule has 0 saturated carbocycles. The van der Waals surface area contributed by atoms with E-state index in [1.54, 1.807) is 13.2 Å². The van der Waals surface area contributed by atoms with E-state index < -0.39 is 0 Å². The van der Waals surface area contributed by atoms with E-state index in [2.05, 4.69) is 10.2 Å². The molecule has 0 spiro atoms. The minimum Gasteiger partial charge on any atom is -0.494 e. The van der Waals surface area contributed by atoms with Gasteiger partial charge in [0, 0.05) is 30.2 Å². The number of ether oxygens (including phenoxy) is 1. The number of para-hydroxylation sites is 1. The monoisotopic (exact) mass is 336 g/mol. The van der Waals surface area contributed by atoms with Gasteiger partial charge in [-0.2, -0.15) is 0 Å². The van der Waals surface area contributed by atoms with Crippen LogP contribution in [0.3, 0.4) is 0 Å². The van der Waals surface area contributed by atoms with Crippen molar-refractivity contribution in [3.63, 3.8) is 0 Å². The molecule has 1 fully saturated rings. The molecule has 0 bridgehead atoms. The van der Waals surface area contributed by atoms with Crippen molar-refractivity contribution in [1.29, 1.82) is 0 Å². The van der Waals surface area contributed by atoms with Gasteiger partial charge in [-0.15, -0.1) is 0 Å². The highest BCUT2D eigenvalue weighted by Gasteiger charge is 2.17. The van der Waals surface area contributed by atoms with Crippen molar-refractivity contribution in [2.45, 2.75) is 12.8 Å². The molecule has 1 aliphatic heterocycles. The number of carbonyl (C=O) groups excluding carboxylic acids is 1. The van der Waals surface area contributed by atoms with Crippen molar-refractivity contribution < 1.29 is 13.9 Å². The van der Waals surface area contributed by atoms with Crippen LogP contribution >= 0.6 is 0 Å². The number of hydrogen-bond donors (Lipinski definition) is 1. The molecule has 1 amide bonds. The van der Waals surface area contributed by atoms with Gasteiger partial charge in [-0.05, 0) is 37.1 Å². The fourth-order valence-corrected chi connectivity index (χ4v) is 3.23. The standard InChI is InChI=1S/C20H20N2O3/c1-24-18-13-15(22-10-4-5-11-22)8-9-16(18)21-20(23)19-12-14-6-2-3-7-17(14)25-19/h2-3,6-9,12-13H,4-5,10-11H2,1H3,(H,21,23). The Morgan fingerprint density at radius 1 is 1.12 bits per heavy atom. The van der Waals surface area contributed by atoms with Gasteiger partial charge in [-0.25, -0.2) is 0 Å². The zero-order valence-corrected chi connectivity index (χ0v) is 14.1. The van der Waals surface area contributed by atoms with Crippen LogP contribution in [0.15, 0.2) is 52.9 Å². The molecule has 5 heteroatoms. The van der Waals surface area contributed by atoms with Crippen molar-refractivity contribution in [3.05, 3.63) is 54.3 Å². The summed E-state index contributed by atoms with van der Waals surface area (Å²) in [5, 5.41) is 3.79. The number of hydrogen-bond acceptors (Lipinski definition) is 4. The first-order valence-corrected chi connectivity index (χ1v) is 8.47. The molecule has 5 nitrogen and oxygen atoms in total. The van der Waals surface area contributed by atoms with E-state index in [1.807, 2.05) is 42.5 Å². The molecule has 0 aliphatic carbocycles. The summed E-state index contributed by atoms with van der Waals surface area (Å²) in [6.45, 7) is 2.13. The summed E-state index contributed by atoms with van der Waals surface area (Å²) >= 11 is 0. The first kappa shape index (κ1) is 15.6. The van der Waals surface area contributed by atoms with Crippen LogP contribution in [-0.4, -0.2) is 26.1 Å². The second kappa shape index (κ2) is 6.51. The molecular weight excluding hydrogens is 316 g/mol. The maximum Gasteiger partial charge on any atom is 0.291 e. The number of anilines is 2. The van der Waals surface area contributed by atoms with E-state index in [1.165, 1.54) is 12.8 Å². The molecule has 0 unspecified atom stereocenters. The zero-order chi connectivity index (χ0) is 17.2. The Hall–Kier alpha value is -2.95. The van der Waals surface area contributed by atoms with Crippen molar-refractivity contribution in [3.8, 4) is 5.75 Å². The van der Waals surface area contributed by atoms with Gasteiger partial charge in [0.05, 0.1) is 12.8 Å². The van der Waals surface area contributed by atoms with E-state index >= 15 is 0 Å². The Morgan fingerprint density at radius 3 is 2.68 bits per heavy atom. The van der Waals surface area contributed by atoms with Gasteiger partial charge in [0.1, 0.15) is 11.3 Å². The molecule has 1 aliphatic rings. The maximum atomic E-state index is 12.5. The van der Waals surface area contributed by atoms with Crippen molar-refractivity contribution in [2.24, 2.45) is 0 Å². The van der Waals surface area contributed by atoms with Crippen LogP contribution in [0, 0.1) is 0 Å².